The summed E-state index contributed by atoms with van der Waals surface area (Å²) in [7, 11) is 0. The predicted molar refractivity (Wildman–Crippen MR) is 80.0 cm³/mol. The summed E-state index contributed by atoms with van der Waals surface area (Å²) in [4.78, 5) is 11.8. The lowest BCUT2D eigenvalue weighted by molar-refractivity contribution is -0.123. The Bertz CT molecular complexity index is 418. The van der Waals surface area contributed by atoms with Crippen LogP contribution in [0.25, 0.3) is 0 Å². The van der Waals surface area contributed by atoms with Crippen LogP contribution in [0.4, 0.5) is 0 Å². The number of hydrogen-bond donors (Lipinski definition) is 2. The molecule has 20 heavy (non-hydrogen) atoms. The Morgan fingerprint density at radius 3 is 2.65 bits per heavy atom. The minimum absolute atomic E-state index is 0.00562. The molecule has 0 heterocycles. The zero-order valence-corrected chi connectivity index (χ0v) is 12.6. The van der Waals surface area contributed by atoms with Crippen LogP contribution >= 0.6 is 0 Å². The van der Waals surface area contributed by atoms with Crippen LogP contribution in [0.1, 0.15) is 45.1 Å². The Hall–Kier alpha value is -1.55. The Morgan fingerprint density at radius 1 is 1.35 bits per heavy atom. The molecule has 0 aliphatic rings. The molecule has 1 atom stereocenters. The van der Waals surface area contributed by atoms with Crippen molar-refractivity contribution in [2.75, 3.05) is 13.2 Å². The molecule has 0 bridgehead atoms. The molecule has 0 radical (unpaired) electrons. The highest BCUT2D eigenvalue weighted by atomic mass is 16.5. The molecular formula is C16H25NO3. The first-order valence-electron chi connectivity index (χ1n) is 7.20. The third-order valence-electron chi connectivity index (χ3n) is 3.24. The minimum Gasteiger partial charge on any atom is -0.483 e. The summed E-state index contributed by atoms with van der Waals surface area (Å²) in [6.45, 7) is 6.25. The number of carbonyl (C=O) groups is 1. The van der Waals surface area contributed by atoms with Crippen LogP contribution in [0.3, 0.4) is 0 Å². The summed E-state index contributed by atoms with van der Waals surface area (Å²) in [5.41, 5.74) is 1.10. The van der Waals surface area contributed by atoms with Crippen molar-refractivity contribution in [3.05, 3.63) is 29.8 Å². The van der Waals surface area contributed by atoms with E-state index < -0.39 is 0 Å². The molecule has 1 aromatic rings. The fraction of sp³-hybridized carbons (Fsp3) is 0.562. The number of rotatable bonds is 8. The molecular weight excluding hydrogens is 254 g/mol. The van der Waals surface area contributed by atoms with Gasteiger partial charge in [0.1, 0.15) is 5.75 Å². The summed E-state index contributed by atoms with van der Waals surface area (Å²) in [5.74, 6) is 0.962. The average Bonchev–Trinajstić information content (AvgIpc) is 2.44. The van der Waals surface area contributed by atoms with Gasteiger partial charge in [0.25, 0.3) is 5.91 Å². The minimum atomic E-state index is -0.149. The van der Waals surface area contributed by atoms with Crippen molar-refractivity contribution in [1.82, 2.24) is 5.32 Å². The van der Waals surface area contributed by atoms with E-state index >= 15 is 0 Å². The van der Waals surface area contributed by atoms with Gasteiger partial charge in [0, 0.05) is 12.6 Å². The number of amides is 1. The molecule has 0 saturated carbocycles. The summed E-state index contributed by atoms with van der Waals surface area (Å²) < 4.78 is 5.61. The number of benzene rings is 1. The van der Waals surface area contributed by atoms with E-state index in [0.29, 0.717) is 12.3 Å². The number of para-hydroxylation sites is 1. The van der Waals surface area contributed by atoms with E-state index in [0.717, 1.165) is 17.7 Å². The molecule has 0 spiro atoms. The average molecular weight is 279 g/mol. The van der Waals surface area contributed by atoms with Gasteiger partial charge in [0.15, 0.2) is 6.61 Å². The van der Waals surface area contributed by atoms with Crippen LogP contribution in [-0.2, 0) is 4.79 Å². The van der Waals surface area contributed by atoms with E-state index in [1.165, 1.54) is 0 Å². The topological polar surface area (TPSA) is 58.6 Å². The quantitative estimate of drug-likeness (QED) is 0.768. The molecule has 2 N–H and O–H groups in total. The van der Waals surface area contributed by atoms with Crippen molar-refractivity contribution in [2.24, 2.45) is 0 Å². The first-order valence-corrected chi connectivity index (χ1v) is 7.20. The largest absolute Gasteiger partial charge is 0.483 e. The second-order valence-electron chi connectivity index (χ2n) is 5.17. The number of hydrogen-bond acceptors (Lipinski definition) is 3. The van der Waals surface area contributed by atoms with Crippen molar-refractivity contribution in [3.8, 4) is 5.75 Å². The summed E-state index contributed by atoms with van der Waals surface area (Å²) >= 11 is 0. The lowest BCUT2D eigenvalue weighted by Gasteiger charge is -2.17. The lowest BCUT2D eigenvalue weighted by atomic mass is 10.0. The Labute approximate surface area is 121 Å². The van der Waals surface area contributed by atoms with Gasteiger partial charge < -0.3 is 15.2 Å². The maximum absolute atomic E-state index is 11.8. The summed E-state index contributed by atoms with van der Waals surface area (Å²) in [5, 5.41) is 11.8. The van der Waals surface area contributed by atoms with Gasteiger partial charge in [-0.25, -0.2) is 0 Å². The lowest BCUT2D eigenvalue weighted by Crippen LogP contribution is -2.38. The van der Waals surface area contributed by atoms with E-state index in [-0.39, 0.29) is 25.2 Å². The Kier molecular flexibility index (Phi) is 7.09. The molecule has 1 unspecified atom stereocenters. The van der Waals surface area contributed by atoms with Gasteiger partial charge in [-0.15, -0.1) is 0 Å². The van der Waals surface area contributed by atoms with Crippen LogP contribution in [0.15, 0.2) is 24.3 Å². The third kappa shape index (κ3) is 5.21. The highest BCUT2D eigenvalue weighted by molar-refractivity contribution is 5.77. The van der Waals surface area contributed by atoms with Crippen molar-refractivity contribution in [3.63, 3.8) is 0 Å². The predicted octanol–water partition coefficient (Wildman–Crippen LogP) is 2.47. The SMILES string of the molecule is CCC(CCO)NC(=O)COc1ccccc1C(C)C. The monoisotopic (exact) mass is 279 g/mol. The zero-order chi connectivity index (χ0) is 15.0. The fourth-order valence-electron chi connectivity index (χ4n) is 2.04. The first kappa shape index (κ1) is 16.5. The number of aliphatic hydroxyl groups is 1. The van der Waals surface area contributed by atoms with Crippen molar-refractivity contribution in [2.45, 2.75) is 45.6 Å². The van der Waals surface area contributed by atoms with Crippen LogP contribution < -0.4 is 10.1 Å². The molecule has 4 nitrogen and oxygen atoms in total. The highest BCUT2D eigenvalue weighted by Crippen LogP contribution is 2.25. The summed E-state index contributed by atoms with van der Waals surface area (Å²) in [6, 6.07) is 7.78. The maximum Gasteiger partial charge on any atom is 0.258 e. The van der Waals surface area contributed by atoms with E-state index in [1.54, 1.807) is 0 Å². The molecule has 112 valence electrons. The molecule has 0 aliphatic carbocycles. The van der Waals surface area contributed by atoms with Gasteiger partial charge in [-0.2, -0.15) is 0 Å². The number of carbonyl (C=O) groups excluding carboxylic acids is 1. The van der Waals surface area contributed by atoms with Crippen molar-refractivity contribution in [1.29, 1.82) is 0 Å². The fourth-order valence-corrected chi connectivity index (χ4v) is 2.04. The van der Waals surface area contributed by atoms with Gasteiger partial charge in [-0.1, -0.05) is 39.0 Å². The molecule has 0 aromatic heterocycles. The molecule has 1 amide bonds. The standard InChI is InChI=1S/C16H25NO3/c1-4-13(9-10-18)17-16(19)11-20-15-8-6-5-7-14(15)12(2)3/h5-8,12-13,18H,4,9-11H2,1-3H3,(H,17,19). The molecule has 4 heteroatoms. The molecule has 0 fully saturated rings. The van der Waals surface area contributed by atoms with Crippen molar-refractivity contribution >= 4 is 5.91 Å². The Balaban J connectivity index is 2.52. The molecule has 0 aliphatic heterocycles. The van der Waals surface area contributed by atoms with E-state index in [1.807, 2.05) is 31.2 Å². The van der Waals surface area contributed by atoms with E-state index in [4.69, 9.17) is 9.84 Å². The van der Waals surface area contributed by atoms with Gasteiger partial charge in [0.05, 0.1) is 0 Å². The second kappa shape index (κ2) is 8.59. The number of aliphatic hydroxyl groups excluding tert-OH is 1. The van der Waals surface area contributed by atoms with E-state index in [9.17, 15) is 4.79 Å². The Morgan fingerprint density at radius 2 is 2.05 bits per heavy atom. The van der Waals surface area contributed by atoms with Crippen LogP contribution in [0, 0.1) is 0 Å². The van der Waals surface area contributed by atoms with Crippen LogP contribution in [0.5, 0.6) is 5.75 Å². The van der Waals surface area contributed by atoms with Crippen molar-refractivity contribution < 1.29 is 14.6 Å². The summed E-state index contributed by atoms with van der Waals surface area (Å²) in [6.07, 6.45) is 1.37. The van der Waals surface area contributed by atoms with E-state index in [2.05, 4.69) is 19.2 Å². The van der Waals surface area contributed by atoms with Gasteiger partial charge in [-0.3, -0.25) is 4.79 Å². The molecule has 1 aromatic carbocycles. The highest BCUT2D eigenvalue weighted by Gasteiger charge is 2.12. The van der Waals surface area contributed by atoms with Crippen LogP contribution in [0.2, 0.25) is 0 Å². The smallest absolute Gasteiger partial charge is 0.258 e. The normalized spacial score (nSPS) is 12.2. The van der Waals surface area contributed by atoms with Crippen LogP contribution in [-0.4, -0.2) is 30.3 Å². The molecule has 1 rings (SSSR count). The maximum atomic E-state index is 11.8. The number of nitrogens with one attached hydrogen (secondary N) is 1. The first-order chi connectivity index (χ1) is 9.58. The third-order valence-corrected chi connectivity index (χ3v) is 3.24. The number of ether oxygens (including phenoxy) is 1. The van der Waals surface area contributed by atoms with Gasteiger partial charge in [-0.05, 0) is 30.4 Å². The zero-order valence-electron chi connectivity index (χ0n) is 12.6. The second-order valence-corrected chi connectivity index (χ2v) is 5.17. The molecule has 0 saturated heterocycles. The van der Waals surface area contributed by atoms with Gasteiger partial charge in [0.2, 0.25) is 0 Å². The van der Waals surface area contributed by atoms with Gasteiger partial charge >= 0.3 is 0 Å².